The first-order valence-corrected chi connectivity index (χ1v) is 7.70. The Morgan fingerprint density at radius 3 is 2.70 bits per heavy atom. The number of amidine groups is 1. The van der Waals surface area contributed by atoms with Crippen molar-refractivity contribution in [3.63, 3.8) is 0 Å². The first kappa shape index (κ1) is 16.3. The lowest BCUT2D eigenvalue weighted by Crippen LogP contribution is -2.24. The van der Waals surface area contributed by atoms with Crippen LogP contribution in [0.1, 0.15) is 19.4 Å². The van der Waals surface area contributed by atoms with Crippen LogP contribution in [0.5, 0.6) is 0 Å². The van der Waals surface area contributed by atoms with Gasteiger partial charge in [-0.05, 0) is 26.0 Å². The maximum Gasteiger partial charge on any atom is 0.235 e. The Labute approximate surface area is 118 Å². The Kier molecular flexibility index (Phi) is 5.78. The van der Waals surface area contributed by atoms with Gasteiger partial charge in [0.15, 0.2) is 5.84 Å². The van der Waals surface area contributed by atoms with Crippen LogP contribution in [-0.4, -0.2) is 37.9 Å². The number of hydrogen-bond donors (Lipinski definition) is 3. The average Bonchev–Trinajstić information content (AvgIpc) is 2.37. The van der Waals surface area contributed by atoms with Crippen molar-refractivity contribution in [1.29, 1.82) is 0 Å². The molecule has 0 fully saturated rings. The van der Waals surface area contributed by atoms with Crippen molar-refractivity contribution in [2.75, 3.05) is 17.1 Å². The van der Waals surface area contributed by atoms with Gasteiger partial charge >= 0.3 is 0 Å². The minimum Gasteiger partial charge on any atom is -0.409 e. The van der Waals surface area contributed by atoms with Crippen LogP contribution in [0, 0.1) is 0 Å². The zero-order chi connectivity index (χ0) is 15.2. The Morgan fingerprint density at radius 1 is 1.45 bits per heavy atom. The SMILES string of the molecule is CC(C)OCCS(=O)(=O)Nc1ccccc1C(N)=NO. The quantitative estimate of drug-likeness (QED) is 0.300. The first-order valence-electron chi connectivity index (χ1n) is 6.04. The monoisotopic (exact) mass is 301 g/mol. The van der Waals surface area contributed by atoms with Crippen molar-refractivity contribution in [3.8, 4) is 0 Å². The molecule has 112 valence electrons. The van der Waals surface area contributed by atoms with Crippen LogP contribution in [0.25, 0.3) is 0 Å². The summed E-state index contributed by atoms with van der Waals surface area (Å²) in [5.41, 5.74) is 6.06. The van der Waals surface area contributed by atoms with Crippen LogP contribution in [0.15, 0.2) is 29.4 Å². The van der Waals surface area contributed by atoms with Gasteiger partial charge in [-0.25, -0.2) is 8.42 Å². The topological polar surface area (TPSA) is 114 Å². The second kappa shape index (κ2) is 7.11. The molecular formula is C12H19N3O4S. The van der Waals surface area contributed by atoms with E-state index in [0.717, 1.165) is 0 Å². The molecule has 1 aromatic rings. The molecule has 4 N–H and O–H groups in total. The second-order valence-corrected chi connectivity index (χ2v) is 6.21. The molecule has 1 aromatic carbocycles. The maximum atomic E-state index is 11.9. The summed E-state index contributed by atoms with van der Waals surface area (Å²) in [6.45, 7) is 3.75. The van der Waals surface area contributed by atoms with Gasteiger partial charge in [0.1, 0.15) is 0 Å². The number of ether oxygens (including phenoxy) is 1. The molecule has 0 saturated heterocycles. The Hall–Kier alpha value is -1.80. The van der Waals surface area contributed by atoms with E-state index in [1.807, 2.05) is 13.8 Å². The molecule has 0 saturated carbocycles. The third kappa shape index (κ3) is 5.06. The van der Waals surface area contributed by atoms with Crippen LogP contribution < -0.4 is 10.5 Å². The fraction of sp³-hybridized carbons (Fsp3) is 0.417. The molecule has 0 bridgehead atoms. The summed E-state index contributed by atoms with van der Waals surface area (Å²) in [5.74, 6) is -0.336. The summed E-state index contributed by atoms with van der Waals surface area (Å²) in [5, 5.41) is 11.5. The van der Waals surface area contributed by atoms with Crippen LogP contribution >= 0.6 is 0 Å². The van der Waals surface area contributed by atoms with E-state index in [0.29, 0.717) is 5.56 Å². The lowest BCUT2D eigenvalue weighted by molar-refractivity contribution is 0.0913. The minimum atomic E-state index is -3.56. The van der Waals surface area contributed by atoms with Gasteiger partial charge < -0.3 is 15.7 Å². The number of para-hydroxylation sites is 1. The number of nitrogens with two attached hydrogens (primary N) is 1. The zero-order valence-corrected chi connectivity index (χ0v) is 12.2. The molecule has 0 radical (unpaired) electrons. The highest BCUT2D eigenvalue weighted by Gasteiger charge is 2.14. The number of sulfonamides is 1. The van der Waals surface area contributed by atoms with E-state index >= 15 is 0 Å². The highest BCUT2D eigenvalue weighted by molar-refractivity contribution is 7.92. The van der Waals surface area contributed by atoms with E-state index in [1.54, 1.807) is 18.2 Å². The molecule has 0 aromatic heterocycles. The fourth-order valence-electron chi connectivity index (χ4n) is 1.46. The zero-order valence-electron chi connectivity index (χ0n) is 11.4. The van der Waals surface area contributed by atoms with Crippen LogP contribution in [0.4, 0.5) is 5.69 Å². The van der Waals surface area contributed by atoms with Gasteiger partial charge in [0.25, 0.3) is 0 Å². The third-order valence-electron chi connectivity index (χ3n) is 2.38. The van der Waals surface area contributed by atoms with Gasteiger partial charge in [0.05, 0.1) is 24.2 Å². The molecule has 0 atom stereocenters. The van der Waals surface area contributed by atoms with E-state index in [2.05, 4.69) is 9.88 Å². The van der Waals surface area contributed by atoms with Gasteiger partial charge in [0.2, 0.25) is 10.0 Å². The molecule has 8 heteroatoms. The molecule has 0 aliphatic rings. The second-order valence-electron chi connectivity index (χ2n) is 4.37. The van der Waals surface area contributed by atoms with Crippen LogP contribution in [-0.2, 0) is 14.8 Å². The van der Waals surface area contributed by atoms with E-state index < -0.39 is 10.0 Å². The molecule has 0 spiro atoms. The van der Waals surface area contributed by atoms with E-state index in [-0.39, 0.29) is 30.0 Å². The van der Waals surface area contributed by atoms with Crippen molar-refractivity contribution in [2.24, 2.45) is 10.9 Å². The van der Waals surface area contributed by atoms with E-state index in [9.17, 15) is 8.42 Å². The van der Waals surface area contributed by atoms with Gasteiger partial charge in [-0.1, -0.05) is 17.3 Å². The number of anilines is 1. The maximum absolute atomic E-state index is 11.9. The Balaban J connectivity index is 2.82. The third-order valence-corrected chi connectivity index (χ3v) is 3.61. The van der Waals surface area contributed by atoms with E-state index in [1.165, 1.54) is 6.07 Å². The number of benzene rings is 1. The molecule has 20 heavy (non-hydrogen) atoms. The summed E-state index contributed by atoms with van der Waals surface area (Å²) < 4.78 is 31.4. The van der Waals surface area contributed by atoms with Crippen molar-refractivity contribution < 1.29 is 18.4 Å². The minimum absolute atomic E-state index is 0.0327. The number of nitrogens with zero attached hydrogens (tertiary/aromatic N) is 1. The molecule has 0 amide bonds. The predicted molar refractivity (Wildman–Crippen MR) is 77.5 cm³/mol. The summed E-state index contributed by atoms with van der Waals surface area (Å²) in [4.78, 5) is 0. The summed E-state index contributed by atoms with van der Waals surface area (Å²) in [7, 11) is -3.56. The summed E-state index contributed by atoms with van der Waals surface area (Å²) in [6, 6.07) is 6.40. The van der Waals surface area contributed by atoms with Gasteiger partial charge in [-0.3, -0.25) is 4.72 Å². The van der Waals surface area contributed by atoms with Crippen LogP contribution in [0.3, 0.4) is 0 Å². The lowest BCUT2D eigenvalue weighted by Gasteiger charge is -2.12. The molecule has 7 nitrogen and oxygen atoms in total. The van der Waals surface area contributed by atoms with Gasteiger partial charge in [-0.2, -0.15) is 0 Å². The number of rotatable bonds is 7. The number of oxime groups is 1. The van der Waals surface area contributed by atoms with Gasteiger partial charge in [-0.15, -0.1) is 0 Å². The van der Waals surface area contributed by atoms with Crippen LogP contribution in [0.2, 0.25) is 0 Å². The number of nitrogens with one attached hydrogen (secondary N) is 1. The van der Waals surface area contributed by atoms with E-state index in [4.69, 9.17) is 15.7 Å². The molecule has 0 aliphatic carbocycles. The molecular weight excluding hydrogens is 282 g/mol. The normalized spacial score (nSPS) is 12.7. The molecule has 1 rings (SSSR count). The predicted octanol–water partition coefficient (Wildman–Crippen LogP) is 0.948. The first-order chi connectivity index (χ1) is 9.35. The van der Waals surface area contributed by atoms with Crippen molar-refractivity contribution in [1.82, 2.24) is 0 Å². The Bertz CT molecular complexity index is 570. The lowest BCUT2D eigenvalue weighted by atomic mass is 10.2. The van der Waals surface area contributed by atoms with Crippen molar-refractivity contribution in [3.05, 3.63) is 29.8 Å². The number of hydrogen-bond acceptors (Lipinski definition) is 5. The standard InChI is InChI=1S/C12H19N3O4S/c1-9(2)19-7-8-20(17,18)15-11-6-4-3-5-10(11)12(13)14-16/h3-6,9,15-16H,7-8H2,1-2H3,(H2,13,14). The fourth-order valence-corrected chi connectivity index (χ4v) is 2.39. The Morgan fingerprint density at radius 2 is 2.10 bits per heavy atom. The smallest absolute Gasteiger partial charge is 0.235 e. The van der Waals surface area contributed by atoms with Crippen molar-refractivity contribution >= 4 is 21.5 Å². The molecule has 0 unspecified atom stereocenters. The largest absolute Gasteiger partial charge is 0.409 e. The molecule has 0 heterocycles. The highest BCUT2D eigenvalue weighted by atomic mass is 32.2. The molecule has 0 aliphatic heterocycles. The summed E-state index contributed by atoms with van der Waals surface area (Å²) in [6.07, 6.45) is -0.0327. The van der Waals surface area contributed by atoms with Crippen molar-refractivity contribution in [2.45, 2.75) is 20.0 Å². The highest BCUT2D eigenvalue weighted by Crippen LogP contribution is 2.16. The average molecular weight is 301 g/mol. The van der Waals surface area contributed by atoms with Gasteiger partial charge in [0, 0.05) is 5.56 Å². The summed E-state index contributed by atoms with van der Waals surface area (Å²) >= 11 is 0.